The van der Waals surface area contributed by atoms with Crippen molar-refractivity contribution in [2.75, 3.05) is 0 Å². The largest absolute Gasteiger partial charge is 0.356 e. The molecule has 2 heterocycles. The number of aromatic nitrogens is 1. The molecule has 4 nitrogen and oxygen atoms in total. The van der Waals surface area contributed by atoms with Gasteiger partial charge in [-0.2, -0.15) is 0 Å². The predicted molar refractivity (Wildman–Crippen MR) is 98.3 cm³/mol. The molecule has 0 radical (unpaired) electrons. The van der Waals surface area contributed by atoms with Crippen LogP contribution in [-0.2, 0) is 16.8 Å². The van der Waals surface area contributed by atoms with Gasteiger partial charge in [-0.3, -0.25) is 4.79 Å². The molecular weight excluding hydrogens is 332 g/mol. The Morgan fingerprint density at radius 3 is 2.68 bits per heavy atom. The fourth-order valence-corrected chi connectivity index (χ4v) is 4.57. The van der Waals surface area contributed by atoms with E-state index in [4.69, 9.17) is 4.52 Å². The van der Waals surface area contributed by atoms with E-state index in [0.717, 1.165) is 42.7 Å². The first-order valence-corrected chi connectivity index (χ1v) is 9.49. The van der Waals surface area contributed by atoms with Crippen LogP contribution in [-0.4, -0.2) is 11.1 Å². The minimum absolute atomic E-state index is 0.108. The average molecular weight is 352 g/mol. The molecule has 1 amide bonds. The summed E-state index contributed by atoms with van der Waals surface area (Å²) in [6.45, 7) is 0.391. The van der Waals surface area contributed by atoms with E-state index in [0.29, 0.717) is 6.54 Å². The van der Waals surface area contributed by atoms with Gasteiger partial charge in [-0.25, -0.2) is 0 Å². The van der Waals surface area contributed by atoms with Gasteiger partial charge < -0.3 is 9.84 Å². The van der Waals surface area contributed by atoms with Crippen LogP contribution in [0.2, 0.25) is 0 Å². The molecule has 25 heavy (non-hydrogen) atoms. The highest BCUT2D eigenvalue weighted by Gasteiger charge is 2.43. The lowest BCUT2D eigenvalue weighted by Crippen LogP contribution is -2.41. The standard InChI is InChI=1S/C20H20N2O2S/c23-19(20(10-4-5-11-20)18-9-6-12-25-18)21-14-16-13-17(24-22-16)15-7-2-1-3-8-15/h1-3,6-9,12-13H,4-5,10-11,14H2,(H,21,23). The Hall–Kier alpha value is -2.40. The summed E-state index contributed by atoms with van der Waals surface area (Å²) >= 11 is 1.68. The van der Waals surface area contributed by atoms with E-state index in [-0.39, 0.29) is 11.3 Å². The number of hydrogen-bond donors (Lipinski definition) is 1. The highest BCUT2D eigenvalue weighted by atomic mass is 32.1. The maximum atomic E-state index is 13.0. The number of nitrogens with zero attached hydrogens (tertiary/aromatic N) is 1. The van der Waals surface area contributed by atoms with Gasteiger partial charge in [-0.1, -0.05) is 54.4 Å². The molecule has 5 heteroatoms. The normalized spacial score (nSPS) is 16.0. The molecule has 0 aliphatic heterocycles. The number of rotatable bonds is 5. The third-order valence-electron chi connectivity index (χ3n) is 4.93. The maximum absolute atomic E-state index is 13.0. The maximum Gasteiger partial charge on any atom is 0.231 e. The van der Waals surface area contributed by atoms with Crippen molar-refractivity contribution in [2.24, 2.45) is 0 Å². The smallest absolute Gasteiger partial charge is 0.231 e. The molecule has 0 spiro atoms. The second kappa shape index (κ2) is 6.84. The number of carbonyl (C=O) groups excluding carboxylic acids is 1. The molecule has 2 aromatic heterocycles. The molecule has 0 unspecified atom stereocenters. The Kier molecular flexibility index (Phi) is 4.40. The first kappa shape index (κ1) is 16.1. The number of carbonyl (C=O) groups is 1. The van der Waals surface area contributed by atoms with Crippen LogP contribution in [0.3, 0.4) is 0 Å². The second-order valence-electron chi connectivity index (χ2n) is 6.50. The van der Waals surface area contributed by atoms with Crippen molar-refractivity contribution in [1.82, 2.24) is 10.5 Å². The van der Waals surface area contributed by atoms with E-state index < -0.39 is 0 Å². The van der Waals surface area contributed by atoms with E-state index in [1.54, 1.807) is 11.3 Å². The van der Waals surface area contributed by atoms with Crippen LogP contribution in [0.25, 0.3) is 11.3 Å². The van der Waals surface area contributed by atoms with Crippen LogP contribution >= 0.6 is 11.3 Å². The highest BCUT2D eigenvalue weighted by molar-refractivity contribution is 7.10. The van der Waals surface area contributed by atoms with Gasteiger partial charge in [-0.15, -0.1) is 11.3 Å². The molecule has 0 atom stereocenters. The van der Waals surface area contributed by atoms with Crippen molar-refractivity contribution < 1.29 is 9.32 Å². The summed E-state index contributed by atoms with van der Waals surface area (Å²) in [5, 5.41) is 9.22. The Morgan fingerprint density at radius 2 is 1.96 bits per heavy atom. The molecule has 1 N–H and O–H groups in total. The minimum atomic E-state index is -0.361. The first-order valence-electron chi connectivity index (χ1n) is 8.61. The molecule has 0 saturated heterocycles. The Bertz CT molecular complexity index is 834. The zero-order chi connectivity index (χ0) is 17.1. The number of benzene rings is 1. The lowest BCUT2D eigenvalue weighted by atomic mass is 9.83. The first-order chi connectivity index (χ1) is 12.3. The van der Waals surface area contributed by atoms with E-state index in [9.17, 15) is 4.79 Å². The van der Waals surface area contributed by atoms with Crippen molar-refractivity contribution >= 4 is 17.2 Å². The Labute approximate surface area is 150 Å². The zero-order valence-corrected chi connectivity index (χ0v) is 14.7. The predicted octanol–water partition coefficient (Wildman–Crippen LogP) is 4.53. The van der Waals surface area contributed by atoms with E-state index in [1.807, 2.05) is 47.8 Å². The average Bonchev–Trinajstić information content (AvgIpc) is 3.42. The van der Waals surface area contributed by atoms with E-state index >= 15 is 0 Å². The summed E-state index contributed by atoms with van der Waals surface area (Å²) in [6.07, 6.45) is 4.06. The number of hydrogen-bond acceptors (Lipinski definition) is 4. The fraction of sp³-hybridized carbons (Fsp3) is 0.300. The van der Waals surface area contributed by atoms with Crippen LogP contribution in [0, 0.1) is 0 Å². The van der Waals surface area contributed by atoms with Crippen molar-refractivity contribution in [3.05, 3.63) is 64.5 Å². The molecule has 1 aromatic carbocycles. The molecule has 1 aliphatic carbocycles. The fourth-order valence-electron chi connectivity index (χ4n) is 3.59. The Balaban J connectivity index is 1.46. The summed E-state index contributed by atoms with van der Waals surface area (Å²) in [4.78, 5) is 14.1. The molecule has 0 bridgehead atoms. The number of thiophene rings is 1. The van der Waals surface area contributed by atoms with Crippen molar-refractivity contribution in [1.29, 1.82) is 0 Å². The highest BCUT2D eigenvalue weighted by Crippen LogP contribution is 2.43. The van der Waals surface area contributed by atoms with Crippen LogP contribution in [0.5, 0.6) is 0 Å². The van der Waals surface area contributed by atoms with Gasteiger partial charge in [0.15, 0.2) is 5.76 Å². The van der Waals surface area contributed by atoms with Crippen LogP contribution in [0.1, 0.15) is 36.3 Å². The summed E-state index contributed by atoms with van der Waals surface area (Å²) in [7, 11) is 0. The van der Waals surface area contributed by atoms with Gasteiger partial charge in [-0.05, 0) is 24.3 Å². The van der Waals surface area contributed by atoms with Gasteiger partial charge in [0.05, 0.1) is 12.0 Å². The summed E-state index contributed by atoms with van der Waals surface area (Å²) in [6, 6.07) is 15.8. The lowest BCUT2D eigenvalue weighted by molar-refractivity contribution is -0.126. The molecule has 1 saturated carbocycles. The van der Waals surface area contributed by atoms with Gasteiger partial charge in [0.25, 0.3) is 0 Å². The SMILES string of the molecule is O=C(NCc1cc(-c2ccccc2)on1)C1(c2cccs2)CCCC1. The van der Waals surface area contributed by atoms with E-state index in [2.05, 4.69) is 16.5 Å². The Morgan fingerprint density at radius 1 is 1.16 bits per heavy atom. The van der Waals surface area contributed by atoms with Gasteiger partial charge in [0.2, 0.25) is 5.91 Å². The summed E-state index contributed by atoms with van der Waals surface area (Å²) < 4.78 is 5.41. The summed E-state index contributed by atoms with van der Waals surface area (Å²) in [5.41, 5.74) is 1.37. The van der Waals surface area contributed by atoms with Crippen LogP contribution in [0.15, 0.2) is 58.4 Å². The third kappa shape index (κ3) is 3.12. The molecule has 4 rings (SSSR count). The van der Waals surface area contributed by atoms with Crippen molar-refractivity contribution in [3.63, 3.8) is 0 Å². The number of nitrogens with one attached hydrogen (secondary N) is 1. The zero-order valence-electron chi connectivity index (χ0n) is 13.9. The van der Waals surface area contributed by atoms with E-state index in [1.165, 1.54) is 4.88 Å². The van der Waals surface area contributed by atoms with Crippen LogP contribution in [0.4, 0.5) is 0 Å². The van der Waals surface area contributed by atoms with Gasteiger partial charge >= 0.3 is 0 Å². The number of amides is 1. The van der Waals surface area contributed by atoms with Gasteiger partial charge in [0.1, 0.15) is 5.69 Å². The van der Waals surface area contributed by atoms with Crippen molar-refractivity contribution in [3.8, 4) is 11.3 Å². The molecule has 3 aromatic rings. The minimum Gasteiger partial charge on any atom is -0.356 e. The molecule has 1 aliphatic rings. The quantitative estimate of drug-likeness (QED) is 0.734. The summed E-state index contributed by atoms with van der Waals surface area (Å²) in [5.74, 6) is 0.829. The monoisotopic (exact) mass is 352 g/mol. The lowest BCUT2D eigenvalue weighted by Gasteiger charge is -2.26. The van der Waals surface area contributed by atoms with Crippen molar-refractivity contribution in [2.45, 2.75) is 37.6 Å². The van der Waals surface area contributed by atoms with Crippen LogP contribution < -0.4 is 5.32 Å². The van der Waals surface area contributed by atoms with Gasteiger partial charge in [0, 0.05) is 16.5 Å². The topological polar surface area (TPSA) is 55.1 Å². The third-order valence-corrected chi connectivity index (χ3v) is 6.01. The molecular formula is C20H20N2O2S. The second-order valence-corrected chi connectivity index (χ2v) is 7.45. The molecule has 128 valence electrons. The molecule has 1 fully saturated rings.